The zero-order valence-corrected chi connectivity index (χ0v) is 12.7. The van der Waals surface area contributed by atoms with Crippen LogP contribution in [0.4, 0.5) is 0 Å². The Labute approximate surface area is 113 Å². The zero-order chi connectivity index (χ0) is 13.8. The number of nitriles is 1. The maximum absolute atomic E-state index is 9.47. The highest BCUT2D eigenvalue weighted by Crippen LogP contribution is 2.35. The molecule has 0 aromatic heterocycles. The molecule has 0 spiro atoms. The molecule has 1 rings (SSSR count). The Morgan fingerprint density at radius 1 is 1.44 bits per heavy atom. The van der Waals surface area contributed by atoms with E-state index in [4.69, 9.17) is 0 Å². The van der Waals surface area contributed by atoms with Crippen LogP contribution >= 0.6 is 0 Å². The summed E-state index contributed by atoms with van der Waals surface area (Å²) in [6.45, 7) is 9.91. The summed E-state index contributed by atoms with van der Waals surface area (Å²) in [5.41, 5.74) is -0.0558. The molecule has 104 valence electrons. The molecule has 1 saturated carbocycles. The summed E-state index contributed by atoms with van der Waals surface area (Å²) >= 11 is 0. The predicted molar refractivity (Wildman–Crippen MR) is 76.4 cm³/mol. The lowest BCUT2D eigenvalue weighted by atomic mass is 9.95. The van der Waals surface area contributed by atoms with Crippen LogP contribution in [-0.4, -0.2) is 35.6 Å². The SMILES string of the molecule is CCCNC1(C#N)CCC(N(C)C(C)(C)CC)C1. The highest BCUT2D eigenvalue weighted by molar-refractivity contribution is 5.13. The molecule has 1 aliphatic rings. The molecule has 18 heavy (non-hydrogen) atoms. The van der Waals surface area contributed by atoms with Crippen LogP contribution in [0.3, 0.4) is 0 Å². The van der Waals surface area contributed by atoms with E-state index in [-0.39, 0.29) is 11.1 Å². The van der Waals surface area contributed by atoms with Crippen molar-refractivity contribution < 1.29 is 0 Å². The molecule has 2 atom stereocenters. The molecular formula is C15H29N3. The molecule has 3 heteroatoms. The fourth-order valence-electron chi connectivity index (χ4n) is 2.76. The van der Waals surface area contributed by atoms with Crippen LogP contribution in [0, 0.1) is 11.3 Å². The summed E-state index contributed by atoms with van der Waals surface area (Å²) in [4.78, 5) is 2.47. The lowest BCUT2D eigenvalue weighted by Crippen LogP contribution is -2.48. The predicted octanol–water partition coefficient (Wildman–Crippen LogP) is 2.92. The van der Waals surface area contributed by atoms with Crippen LogP contribution < -0.4 is 5.32 Å². The highest BCUT2D eigenvalue weighted by Gasteiger charge is 2.42. The standard InChI is InChI=1S/C15H29N3/c1-6-10-17-15(12-16)9-8-13(11-15)18(5)14(3,4)7-2/h13,17H,6-11H2,1-5H3. The van der Waals surface area contributed by atoms with Gasteiger partial charge in [0.2, 0.25) is 0 Å². The van der Waals surface area contributed by atoms with Crippen molar-refractivity contribution in [2.24, 2.45) is 0 Å². The summed E-state index contributed by atoms with van der Waals surface area (Å²) in [5, 5.41) is 12.9. The third-order valence-corrected chi connectivity index (χ3v) is 4.78. The van der Waals surface area contributed by atoms with Gasteiger partial charge in [0, 0.05) is 11.6 Å². The molecule has 3 nitrogen and oxygen atoms in total. The lowest BCUT2D eigenvalue weighted by molar-refractivity contribution is 0.0966. The average Bonchev–Trinajstić information content (AvgIpc) is 2.80. The Bertz CT molecular complexity index is 305. The van der Waals surface area contributed by atoms with Gasteiger partial charge in [-0.1, -0.05) is 13.8 Å². The van der Waals surface area contributed by atoms with E-state index >= 15 is 0 Å². The van der Waals surface area contributed by atoms with Gasteiger partial charge in [-0.3, -0.25) is 10.2 Å². The maximum Gasteiger partial charge on any atom is 0.108 e. The Balaban J connectivity index is 2.67. The molecule has 1 aliphatic carbocycles. The van der Waals surface area contributed by atoms with Gasteiger partial charge >= 0.3 is 0 Å². The van der Waals surface area contributed by atoms with Crippen molar-refractivity contribution in [1.29, 1.82) is 5.26 Å². The first-order valence-corrected chi connectivity index (χ1v) is 7.30. The van der Waals surface area contributed by atoms with Crippen LogP contribution in [-0.2, 0) is 0 Å². The van der Waals surface area contributed by atoms with E-state index in [1.54, 1.807) is 0 Å². The molecule has 0 aromatic carbocycles. The van der Waals surface area contributed by atoms with Gasteiger partial charge in [-0.25, -0.2) is 0 Å². The van der Waals surface area contributed by atoms with Gasteiger partial charge in [0.05, 0.1) is 6.07 Å². The van der Waals surface area contributed by atoms with Crippen molar-refractivity contribution in [2.75, 3.05) is 13.6 Å². The minimum absolute atomic E-state index is 0.223. The Hall–Kier alpha value is -0.590. The first kappa shape index (κ1) is 15.5. The molecule has 2 unspecified atom stereocenters. The molecule has 0 heterocycles. The van der Waals surface area contributed by atoms with Crippen molar-refractivity contribution >= 4 is 0 Å². The molecule has 0 aliphatic heterocycles. The molecule has 0 saturated heterocycles. The molecule has 0 amide bonds. The van der Waals surface area contributed by atoms with E-state index in [1.165, 1.54) is 0 Å². The third-order valence-electron chi connectivity index (χ3n) is 4.78. The van der Waals surface area contributed by atoms with Crippen molar-refractivity contribution in [3.63, 3.8) is 0 Å². The molecule has 1 fully saturated rings. The molecule has 0 aromatic rings. The smallest absolute Gasteiger partial charge is 0.108 e. The average molecular weight is 251 g/mol. The number of nitrogens with zero attached hydrogens (tertiary/aromatic N) is 2. The summed E-state index contributed by atoms with van der Waals surface area (Å²) in [6, 6.07) is 3.06. The van der Waals surface area contributed by atoms with Crippen LogP contribution in [0.1, 0.15) is 59.8 Å². The second-order valence-electron chi connectivity index (χ2n) is 6.29. The van der Waals surface area contributed by atoms with Crippen molar-refractivity contribution in [3.05, 3.63) is 0 Å². The Morgan fingerprint density at radius 2 is 2.11 bits per heavy atom. The number of hydrogen-bond donors (Lipinski definition) is 1. The van der Waals surface area contributed by atoms with E-state index in [1.807, 2.05) is 0 Å². The monoisotopic (exact) mass is 251 g/mol. The van der Waals surface area contributed by atoms with Gasteiger partial charge in [-0.15, -0.1) is 0 Å². The van der Waals surface area contributed by atoms with Gasteiger partial charge in [0.25, 0.3) is 0 Å². The van der Waals surface area contributed by atoms with Gasteiger partial charge in [0.1, 0.15) is 5.54 Å². The number of rotatable bonds is 6. The van der Waals surface area contributed by atoms with E-state index in [0.29, 0.717) is 6.04 Å². The van der Waals surface area contributed by atoms with E-state index < -0.39 is 0 Å². The molecular weight excluding hydrogens is 222 g/mol. The summed E-state index contributed by atoms with van der Waals surface area (Å²) in [5.74, 6) is 0. The fraction of sp³-hybridized carbons (Fsp3) is 0.933. The second kappa shape index (κ2) is 6.04. The molecule has 1 N–H and O–H groups in total. The van der Waals surface area contributed by atoms with Gasteiger partial charge in [-0.05, 0) is 59.5 Å². The minimum atomic E-state index is -0.279. The normalized spacial score (nSPS) is 28.6. The summed E-state index contributed by atoms with van der Waals surface area (Å²) in [6.07, 6.45) is 5.30. The first-order chi connectivity index (χ1) is 8.40. The maximum atomic E-state index is 9.47. The fourth-order valence-corrected chi connectivity index (χ4v) is 2.76. The van der Waals surface area contributed by atoms with E-state index in [2.05, 4.69) is 51.0 Å². The Kier molecular flexibility index (Phi) is 5.19. The number of nitrogens with one attached hydrogen (secondary N) is 1. The van der Waals surface area contributed by atoms with E-state index in [0.717, 1.165) is 38.6 Å². The Morgan fingerprint density at radius 3 is 2.61 bits per heavy atom. The van der Waals surface area contributed by atoms with Crippen molar-refractivity contribution in [1.82, 2.24) is 10.2 Å². The first-order valence-electron chi connectivity index (χ1n) is 7.30. The van der Waals surface area contributed by atoms with Gasteiger partial charge in [-0.2, -0.15) is 5.26 Å². The van der Waals surface area contributed by atoms with Gasteiger partial charge in [0.15, 0.2) is 0 Å². The van der Waals surface area contributed by atoms with Crippen LogP contribution in [0.15, 0.2) is 0 Å². The van der Waals surface area contributed by atoms with Crippen LogP contribution in [0.2, 0.25) is 0 Å². The summed E-state index contributed by atoms with van der Waals surface area (Å²) < 4.78 is 0. The number of hydrogen-bond acceptors (Lipinski definition) is 3. The largest absolute Gasteiger partial charge is 0.299 e. The summed E-state index contributed by atoms with van der Waals surface area (Å²) in [7, 11) is 2.21. The topological polar surface area (TPSA) is 39.1 Å². The van der Waals surface area contributed by atoms with E-state index in [9.17, 15) is 5.26 Å². The van der Waals surface area contributed by atoms with Crippen molar-refractivity contribution in [2.45, 2.75) is 76.9 Å². The molecule has 0 radical (unpaired) electrons. The highest BCUT2D eigenvalue weighted by atomic mass is 15.2. The van der Waals surface area contributed by atoms with Gasteiger partial charge < -0.3 is 0 Å². The second-order valence-corrected chi connectivity index (χ2v) is 6.29. The zero-order valence-electron chi connectivity index (χ0n) is 12.7. The molecule has 0 bridgehead atoms. The lowest BCUT2D eigenvalue weighted by Gasteiger charge is -2.39. The van der Waals surface area contributed by atoms with Crippen LogP contribution in [0.5, 0.6) is 0 Å². The minimum Gasteiger partial charge on any atom is -0.299 e. The quantitative estimate of drug-likeness (QED) is 0.789. The van der Waals surface area contributed by atoms with Crippen LogP contribution in [0.25, 0.3) is 0 Å². The third kappa shape index (κ3) is 3.24. The van der Waals surface area contributed by atoms with Crippen molar-refractivity contribution in [3.8, 4) is 6.07 Å².